The van der Waals surface area contributed by atoms with Gasteiger partial charge in [0.25, 0.3) is 0 Å². The van der Waals surface area contributed by atoms with Crippen LogP contribution in [0.3, 0.4) is 0 Å². The highest BCUT2D eigenvalue weighted by Gasteiger charge is 2.13. The van der Waals surface area contributed by atoms with Crippen LogP contribution in [-0.2, 0) is 26.6 Å². The molecule has 0 aliphatic rings. The van der Waals surface area contributed by atoms with Gasteiger partial charge in [0.2, 0.25) is 20.0 Å². The Hall–Kier alpha value is -1.03. The molecule has 1 rings (SSSR count). The van der Waals surface area contributed by atoms with Crippen LogP contribution in [0.25, 0.3) is 0 Å². The number of nitrogens with one attached hydrogen (secondary N) is 2. The van der Waals surface area contributed by atoms with E-state index in [1.54, 1.807) is 31.5 Å². The molecule has 114 valence electrons. The monoisotopic (exact) mass is 321 g/mol. The third kappa shape index (κ3) is 6.94. The van der Waals surface area contributed by atoms with Crippen LogP contribution in [0.2, 0.25) is 0 Å². The molecule has 1 aromatic rings. The topological polar surface area (TPSA) is 105 Å². The molecule has 0 bridgehead atoms. The fraction of sp³-hybridized carbons (Fsp3) is 0.545. The Morgan fingerprint density at radius 3 is 2.40 bits per heavy atom. The highest BCUT2D eigenvalue weighted by atomic mass is 32.2. The smallest absolute Gasteiger partial charge is 0.213 e. The first-order valence-electron chi connectivity index (χ1n) is 6.18. The average Bonchev–Trinajstić information content (AvgIpc) is 2.37. The second kappa shape index (κ2) is 7.67. The molecule has 0 radical (unpaired) electrons. The van der Waals surface area contributed by atoms with E-state index in [4.69, 9.17) is 0 Å². The van der Waals surface area contributed by atoms with Gasteiger partial charge >= 0.3 is 0 Å². The van der Waals surface area contributed by atoms with Gasteiger partial charge in [-0.3, -0.25) is 4.98 Å². The third-order valence-electron chi connectivity index (χ3n) is 2.38. The van der Waals surface area contributed by atoms with Crippen LogP contribution in [0, 0.1) is 0 Å². The third-order valence-corrected chi connectivity index (χ3v) is 5.30. The minimum Gasteiger partial charge on any atom is -0.264 e. The van der Waals surface area contributed by atoms with E-state index in [1.807, 2.05) is 0 Å². The molecule has 2 N–H and O–H groups in total. The van der Waals surface area contributed by atoms with Crippen molar-refractivity contribution in [2.45, 2.75) is 19.9 Å². The lowest BCUT2D eigenvalue weighted by atomic mass is 10.3. The van der Waals surface area contributed by atoms with Crippen molar-refractivity contribution in [3.05, 3.63) is 30.1 Å². The zero-order valence-electron chi connectivity index (χ0n) is 11.2. The van der Waals surface area contributed by atoms with Crippen LogP contribution in [-0.4, -0.2) is 39.9 Å². The van der Waals surface area contributed by atoms with Gasteiger partial charge < -0.3 is 0 Å². The first-order valence-corrected chi connectivity index (χ1v) is 9.48. The Morgan fingerprint density at radius 2 is 1.80 bits per heavy atom. The zero-order valence-corrected chi connectivity index (χ0v) is 12.9. The molecule has 0 saturated heterocycles. The van der Waals surface area contributed by atoms with Gasteiger partial charge in [-0.1, -0.05) is 13.0 Å². The molecule has 9 heteroatoms. The van der Waals surface area contributed by atoms with Crippen molar-refractivity contribution in [2.24, 2.45) is 0 Å². The Labute approximate surface area is 119 Å². The van der Waals surface area contributed by atoms with Crippen molar-refractivity contribution in [3.8, 4) is 0 Å². The van der Waals surface area contributed by atoms with Gasteiger partial charge in [-0.05, 0) is 18.1 Å². The maximum absolute atomic E-state index is 11.7. The van der Waals surface area contributed by atoms with E-state index in [1.165, 1.54) is 0 Å². The van der Waals surface area contributed by atoms with Crippen molar-refractivity contribution >= 4 is 20.0 Å². The molecule has 0 unspecified atom stereocenters. The maximum Gasteiger partial charge on any atom is 0.213 e. The lowest BCUT2D eigenvalue weighted by Gasteiger charge is -2.08. The quantitative estimate of drug-likeness (QED) is 0.657. The van der Waals surface area contributed by atoms with Crippen LogP contribution < -0.4 is 9.44 Å². The lowest BCUT2D eigenvalue weighted by molar-refractivity contribution is 0.574. The summed E-state index contributed by atoms with van der Waals surface area (Å²) in [7, 11) is -6.90. The molecule has 0 saturated carbocycles. The van der Waals surface area contributed by atoms with Gasteiger partial charge in [-0.25, -0.2) is 26.3 Å². The van der Waals surface area contributed by atoms with Crippen LogP contribution in [0.1, 0.15) is 18.9 Å². The van der Waals surface area contributed by atoms with Crippen LogP contribution in [0.4, 0.5) is 0 Å². The summed E-state index contributed by atoms with van der Waals surface area (Å²) in [6, 6.07) is 3.46. The molecule has 0 aliphatic carbocycles. The SMILES string of the molecule is CCCS(=O)(=O)NCCS(=O)(=O)NCc1cccnc1. The molecule has 0 atom stereocenters. The standard InChI is InChI=1S/C11H19N3O4S2/c1-2-7-19(15,16)13-6-8-20(17,18)14-10-11-4-3-5-12-9-11/h3-5,9,13-14H,2,6-8,10H2,1H3. The molecular formula is C11H19N3O4S2. The fourth-order valence-corrected chi connectivity index (χ4v) is 3.57. The van der Waals surface area contributed by atoms with E-state index in [2.05, 4.69) is 14.4 Å². The van der Waals surface area contributed by atoms with Crippen LogP contribution >= 0.6 is 0 Å². The average molecular weight is 321 g/mol. The normalized spacial score (nSPS) is 12.4. The molecule has 0 fully saturated rings. The number of hydrogen-bond donors (Lipinski definition) is 2. The molecular weight excluding hydrogens is 302 g/mol. The van der Waals surface area contributed by atoms with Gasteiger partial charge in [0, 0.05) is 25.5 Å². The van der Waals surface area contributed by atoms with Crippen LogP contribution in [0.5, 0.6) is 0 Å². The summed E-state index contributed by atoms with van der Waals surface area (Å²) in [4.78, 5) is 3.87. The maximum atomic E-state index is 11.7. The first kappa shape index (κ1) is 17.0. The number of hydrogen-bond acceptors (Lipinski definition) is 5. The molecule has 0 amide bonds. The number of rotatable bonds is 9. The highest BCUT2D eigenvalue weighted by molar-refractivity contribution is 7.90. The molecule has 0 aromatic carbocycles. The fourth-order valence-electron chi connectivity index (χ4n) is 1.44. The van der Waals surface area contributed by atoms with Crippen molar-refractivity contribution in [2.75, 3.05) is 18.1 Å². The molecule has 7 nitrogen and oxygen atoms in total. The largest absolute Gasteiger partial charge is 0.264 e. The Morgan fingerprint density at radius 1 is 1.10 bits per heavy atom. The Kier molecular flexibility index (Phi) is 6.53. The predicted octanol–water partition coefficient (Wildman–Crippen LogP) is -0.170. The van der Waals surface area contributed by atoms with Gasteiger partial charge in [-0.15, -0.1) is 0 Å². The van der Waals surface area contributed by atoms with E-state index in [9.17, 15) is 16.8 Å². The van der Waals surface area contributed by atoms with E-state index >= 15 is 0 Å². The second-order valence-corrected chi connectivity index (χ2v) is 8.07. The van der Waals surface area contributed by atoms with E-state index in [-0.39, 0.29) is 24.6 Å². The number of sulfonamides is 2. The van der Waals surface area contributed by atoms with Gasteiger partial charge in [0.1, 0.15) is 0 Å². The summed E-state index contributed by atoms with van der Waals surface area (Å²) < 4.78 is 50.7. The summed E-state index contributed by atoms with van der Waals surface area (Å²) in [5, 5.41) is 0. The minimum atomic E-state index is -3.52. The zero-order chi connectivity index (χ0) is 15.1. The molecule has 20 heavy (non-hydrogen) atoms. The first-order chi connectivity index (χ1) is 9.35. The van der Waals surface area contributed by atoms with Gasteiger partial charge in [0.05, 0.1) is 11.5 Å². The summed E-state index contributed by atoms with van der Waals surface area (Å²) in [5.74, 6) is -0.299. The number of aromatic nitrogens is 1. The van der Waals surface area contributed by atoms with E-state index in [0.717, 1.165) is 5.56 Å². The highest BCUT2D eigenvalue weighted by Crippen LogP contribution is 1.96. The minimum absolute atomic E-state index is 0.00381. The number of pyridine rings is 1. The Balaban J connectivity index is 2.39. The molecule has 0 aliphatic heterocycles. The van der Waals surface area contributed by atoms with Crippen molar-refractivity contribution in [1.29, 1.82) is 0 Å². The summed E-state index contributed by atoms with van der Waals surface area (Å²) >= 11 is 0. The van der Waals surface area contributed by atoms with Crippen LogP contribution in [0.15, 0.2) is 24.5 Å². The second-order valence-electron chi connectivity index (χ2n) is 4.21. The summed E-state index contributed by atoms with van der Waals surface area (Å²) in [6.45, 7) is 1.74. The lowest BCUT2D eigenvalue weighted by Crippen LogP contribution is -2.35. The van der Waals surface area contributed by atoms with E-state index < -0.39 is 20.0 Å². The van der Waals surface area contributed by atoms with Crippen molar-refractivity contribution < 1.29 is 16.8 Å². The van der Waals surface area contributed by atoms with Crippen molar-refractivity contribution in [1.82, 2.24) is 14.4 Å². The van der Waals surface area contributed by atoms with E-state index in [0.29, 0.717) is 6.42 Å². The molecule has 0 spiro atoms. The summed E-state index contributed by atoms with van der Waals surface area (Å²) in [5.41, 5.74) is 0.739. The van der Waals surface area contributed by atoms with Gasteiger partial charge in [-0.2, -0.15) is 0 Å². The van der Waals surface area contributed by atoms with Gasteiger partial charge in [0.15, 0.2) is 0 Å². The number of nitrogens with zero attached hydrogens (tertiary/aromatic N) is 1. The summed E-state index contributed by atoms with van der Waals surface area (Å²) in [6.07, 6.45) is 3.65. The Bertz CT molecular complexity index is 600. The molecule has 1 aromatic heterocycles. The van der Waals surface area contributed by atoms with Crippen molar-refractivity contribution in [3.63, 3.8) is 0 Å². The predicted molar refractivity (Wildman–Crippen MR) is 76.9 cm³/mol. The molecule has 1 heterocycles.